The van der Waals surface area contributed by atoms with E-state index in [4.69, 9.17) is 14.6 Å². The number of carbonyl (C=O) groups excluding carboxylic acids is 1. The van der Waals surface area contributed by atoms with Crippen molar-refractivity contribution in [2.45, 2.75) is 13.5 Å². The topological polar surface area (TPSA) is 97.2 Å². The molecule has 0 aliphatic carbocycles. The Morgan fingerprint density at radius 1 is 1.09 bits per heavy atom. The third kappa shape index (κ3) is 5.47. The molecular formula is C26H22N2O5S. The molecule has 0 radical (unpaired) electrons. The van der Waals surface area contributed by atoms with Crippen LogP contribution in [0.1, 0.15) is 27.0 Å². The van der Waals surface area contributed by atoms with Crippen LogP contribution >= 0.6 is 11.8 Å². The van der Waals surface area contributed by atoms with Crippen LogP contribution in [0, 0.1) is 6.92 Å². The number of nitrogens with one attached hydrogen (secondary N) is 1. The number of benzene rings is 3. The molecule has 1 fully saturated rings. The minimum atomic E-state index is -0.983. The number of aromatic carboxylic acids is 1. The standard InChI is InChI=1S/C26H22N2O5S/c1-16-6-12-20(13-7-16)27-26-28-24(29)22(34-26)14-19-4-3-5-21(32-2)23(19)33-15-17-8-10-18(11-9-17)25(30)31/h3-14H,15H2,1-2H3,(H,30,31)(H,27,28,29)/b22-14-. The van der Waals surface area contributed by atoms with Gasteiger partial charge in [-0.2, -0.15) is 0 Å². The quantitative estimate of drug-likeness (QED) is 0.459. The average Bonchev–Trinajstić information content (AvgIpc) is 3.18. The number of aliphatic imine (C=N–C) groups is 1. The average molecular weight is 475 g/mol. The lowest BCUT2D eigenvalue weighted by atomic mass is 10.1. The summed E-state index contributed by atoms with van der Waals surface area (Å²) in [5.41, 5.74) is 3.58. The highest BCUT2D eigenvalue weighted by molar-refractivity contribution is 8.18. The summed E-state index contributed by atoms with van der Waals surface area (Å²) >= 11 is 1.25. The Bertz CT molecular complexity index is 1280. The maximum Gasteiger partial charge on any atom is 0.335 e. The minimum absolute atomic E-state index is 0.204. The second-order valence-corrected chi connectivity index (χ2v) is 8.52. The first kappa shape index (κ1) is 23.1. The molecule has 0 saturated carbocycles. The zero-order valence-electron chi connectivity index (χ0n) is 18.6. The summed E-state index contributed by atoms with van der Waals surface area (Å²) < 4.78 is 11.5. The van der Waals surface area contributed by atoms with E-state index < -0.39 is 5.97 Å². The minimum Gasteiger partial charge on any atom is -0.493 e. The number of thioether (sulfide) groups is 1. The number of aryl methyl sites for hydroxylation is 1. The Kier molecular flexibility index (Phi) is 6.98. The number of rotatable bonds is 7. The molecule has 7 nitrogen and oxygen atoms in total. The molecule has 8 heteroatoms. The molecule has 0 unspecified atom stereocenters. The molecule has 4 rings (SSSR count). The van der Waals surface area contributed by atoms with Gasteiger partial charge < -0.3 is 19.9 Å². The van der Waals surface area contributed by atoms with Crippen molar-refractivity contribution in [3.05, 3.63) is 93.9 Å². The summed E-state index contributed by atoms with van der Waals surface area (Å²) in [6.07, 6.45) is 1.74. The third-order valence-electron chi connectivity index (χ3n) is 5.02. The molecule has 0 spiro atoms. The smallest absolute Gasteiger partial charge is 0.335 e. The lowest BCUT2D eigenvalue weighted by Gasteiger charge is -2.14. The first-order chi connectivity index (χ1) is 16.4. The summed E-state index contributed by atoms with van der Waals surface area (Å²) in [5, 5.41) is 12.4. The van der Waals surface area contributed by atoms with Gasteiger partial charge in [-0.1, -0.05) is 42.0 Å². The first-order valence-corrected chi connectivity index (χ1v) is 11.2. The van der Waals surface area contributed by atoms with Gasteiger partial charge in [-0.3, -0.25) is 4.79 Å². The first-order valence-electron chi connectivity index (χ1n) is 10.4. The highest BCUT2D eigenvalue weighted by Crippen LogP contribution is 2.36. The lowest BCUT2D eigenvalue weighted by molar-refractivity contribution is -0.115. The van der Waals surface area contributed by atoms with Gasteiger partial charge in [0, 0.05) is 5.56 Å². The molecule has 3 aromatic rings. The van der Waals surface area contributed by atoms with Crippen LogP contribution in [-0.2, 0) is 11.4 Å². The van der Waals surface area contributed by atoms with E-state index in [0.717, 1.165) is 16.8 Å². The summed E-state index contributed by atoms with van der Waals surface area (Å²) in [5.74, 6) is -0.219. The number of para-hydroxylation sites is 1. The third-order valence-corrected chi connectivity index (χ3v) is 5.93. The van der Waals surface area contributed by atoms with E-state index in [2.05, 4.69) is 10.3 Å². The molecule has 1 heterocycles. The number of nitrogens with zero attached hydrogens (tertiary/aromatic N) is 1. The second kappa shape index (κ2) is 10.3. The van der Waals surface area contributed by atoms with Gasteiger partial charge in [0.15, 0.2) is 16.7 Å². The molecule has 1 aliphatic rings. The fraction of sp³-hybridized carbons (Fsp3) is 0.115. The van der Waals surface area contributed by atoms with Crippen molar-refractivity contribution in [2.24, 2.45) is 4.99 Å². The van der Waals surface area contributed by atoms with Gasteiger partial charge in [0.2, 0.25) is 0 Å². The van der Waals surface area contributed by atoms with E-state index in [1.165, 1.54) is 23.9 Å². The van der Waals surface area contributed by atoms with E-state index in [-0.39, 0.29) is 18.1 Å². The van der Waals surface area contributed by atoms with Crippen molar-refractivity contribution in [3.63, 3.8) is 0 Å². The number of ether oxygens (including phenoxy) is 2. The van der Waals surface area contributed by atoms with Crippen LogP contribution in [-0.4, -0.2) is 29.3 Å². The largest absolute Gasteiger partial charge is 0.493 e. The van der Waals surface area contributed by atoms with Crippen LogP contribution in [0.5, 0.6) is 11.5 Å². The number of hydrogen-bond acceptors (Lipinski definition) is 6. The Morgan fingerprint density at radius 2 is 1.82 bits per heavy atom. The van der Waals surface area contributed by atoms with Crippen molar-refractivity contribution in [2.75, 3.05) is 7.11 Å². The lowest BCUT2D eigenvalue weighted by Crippen LogP contribution is -2.19. The molecule has 1 aliphatic heterocycles. The maximum atomic E-state index is 12.6. The Balaban J connectivity index is 1.56. The van der Waals surface area contributed by atoms with Gasteiger partial charge in [-0.25, -0.2) is 9.79 Å². The predicted molar refractivity (Wildman–Crippen MR) is 133 cm³/mol. The number of amides is 1. The van der Waals surface area contributed by atoms with E-state index in [1.807, 2.05) is 43.3 Å². The van der Waals surface area contributed by atoms with Crippen LogP contribution in [0.25, 0.3) is 6.08 Å². The Labute approximate surface area is 201 Å². The van der Waals surface area contributed by atoms with Crippen molar-refractivity contribution in [3.8, 4) is 11.5 Å². The van der Waals surface area contributed by atoms with Crippen LogP contribution < -0.4 is 14.8 Å². The molecule has 172 valence electrons. The molecular weight excluding hydrogens is 452 g/mol. The number of carboxylic acids is 1. The second-order valence-electron chi connectivity index (χ2n) is 7.49. The number of carbonyl (C=O) groups is 2. The molecule has 0 aromatic heterocycles. The van der Waals surface area contributed by atoms with Crippen LogP contribution in [0.4, 0.5) is 5.69 Å². The monoisotopic (exact) mass is 474 g/mol. The van der Waals surface area contributed by atoms with Gasteiger partial charge in [0.05, 0.1) is 23.3 Å². The zero-order chi connectivity index (χ0) is 24.1. The molecule has 3 aromatic carbocycles. The summed E-state index contributed by atoms with van der Waals surface area (Å²) in [4.78, 5) is 28.6. The molecule has 1 amide bonds. The molecule has 0 bridgehead atoms. The van der Waals surface area contributed by atoms with Crippen molar-refractivity contribution in [1.82, 2.24) is 5.32 Å². The molecule has 2 N–H and O–H groups in total. The van der Waals surface area contributed by atoms with E-state index >= 15 is 0 Å². The molecule has 34 heavy (non-hydrogen) atoms. The van der Waals surface area contributed by atoms with E-state index in [9.17, 15) is 9.59 Å². The molecule has 1 saturated heterocycles. The van der Waals surface area contributed by atoms with E-state index in [0.29, 0.717) is 27.1 Å². The fourth-order valence-corrected chi connectivity index (χ4v) is 4.05. The normalized spacial score (nSPS) is 15.4. The van der Waals surface area contributed by atoms with Crippen LogP contribution in [0.3, 0.4) is 0 Å². The number of hydrogen-bond donors (Lipinski definition) is 2. The van der Waals surface area contributed by atoms with Gasteiger partial charge in [-0.15, -0.1) is 0 Å². The van der Waals surface area contributed by atoms with Gasteiger partial charge in [-0.05, 0) is 60.7 Å². The predicted octanol–water partition coefficient (Wildman–Crippen LogP) is 5.17. The number of amidine groups is 1. The fourth-order valence-electron chi connectivity index (χ4n) is 3.22. The van der Waals surface area contributed by atoms with Gasteiger partial charge in [0.25, 0.3) is 5.91 Å². The summed E-state index contributed by atoms with van der Waals surface area (Å²) in [6, 6.07) is 19.6. The Hall–Kier alpha value is -4.04. The highest BCUT2D eigenvalue weighted by Gasteiger charge is 2.24. The zero-order valence-corrected chi connectivity index (χ0v) is 19.4. The van der Waals surface area contributed by atoms with Gasteiger partial charge >= 0.3 is 5.97 Å². The van der Waals surface area contributed by atoms with Crippen LogP contribution in [0.15, 0.2) is 76.6 Å². The van der Waals surface area contributed by atoms with Crippen molar-refractivity contribution >= 4 is 40.6 Å². The maximum absolute atomic E-state index is 12.6. The van der Waals surface area contributed by atoms with Crippen molar-refractivity contribution < 1.29 is 24.2 Å². The SMILES string of the molecule is COc1cccc(/C=C2\SC(=Nc3ccc(C)cc3)NC2=O)c1OCc1ccc(C(=O)O)cc1. The summed E-state index contributed by atoms with van der Waals surface area (Å²) in [7, 11) is 1.55. The summed E-state index contributed by atoms with van der Waals surface area (Å²) in [6.45, 7) is 2.21. The van der Waals surface area contributed by atoms with E-state index in [1.54, 1.807) is 31.4 Å². The molecule has 0 atom stereocenters. The number of methoxy groups -OCH3 is 1. The highest BCUT2D eigenvalue weighted by atomic mass is 32.2. The van der Waals surface area contributed by atoms with Crippen molar-refractivity contribution in [1.29, 1.82) is 0 Å². The number of carboxylic acid groups (broad SMARTS) is 1. The van der Waals surface area contributed by atoms with Crippen LogP contribution in [0.2, 0.25) is 0 Å². The Morgan fingerprint density at radius 3 is 2.50 bits per heavy atom. The van der Waals surface area contributed by atoms with Gasteiger partial charge in [0.1, 0.15) is 6.61 Å².